The van der Waals surface area contributed by atoms with Crippen LogP contribution in [0.5, 0.6) is 0 Å². The smallest absolute Gasteiger partial charge is 0.0110 e. The first-order valence-corrected chi connectivity index (χ1v) is 8.64. The van der Waals surface area contributed by atoms with Crippen molar-refractivity contribution >= 4 is 0 Å². The molecule has 0 saturated heterocycles. The molecule has 1 nitrogen and oxygen atoms in total. The maximum absolute atomic E-state index is 2.57. The Labute approximate surface area is 135 Å². The Balaban J connectivity index is 1.96. The molecule has 1 unspecified atom stereocenters. The highest BCUT2D eigenvalue weighted by atomic mass is 15.1. The zero-order valence-corrected chi connectivity index (χ0v) is 14.0. The first kappa shape index (κ1) is 15.3. The molecule has 0 bridgehead atoms. The summed E-state index contributed by atoms with van der Waals surface area (Å²) in [5, 5.41) is 0. The fraction of sp³-hybridized carbons (Fsp3) is 0.429. The lowest BCUT2D eigenvalue weighted by Gasteiger charge is -2.34. The zero-order chi connectivity index (χ0) is 15.5. The first-order chi connectivity index (χ1) is 10.7. The van der Waals surface area contributed by atoms with E-state index in [4.69, 9.17) is 0 Å². The predicted molar refractivity (Wildman–Crippen MR) is 94.5 cm³/mol. The monoisotopic (exact) mass is 293 g/mol. The van der Waals surface area contributed by atoms with Gasteiger partial charge < -0.3 is 4.90 Å². The Morgan fingerprint density at radius 2 is 1.41 bits per heavy atom. The second-order valence-corrected chi connectivity index (χ2v) is 6.43. The molecule has 2 aromatic carbocycles. The largest absolute Gasteiger partial charge is 0.301 e. The topological polar surface area (TPSA) is 3.24 Å². The summed E-state index contributed by atoms with van der Waals surface area (Å²) in [4.78, 5) is 2.57. The number of fused-ring (bicyclic) bond motifs is 2. The van der Waals surface area contributed by atoms with Crippen LogP contribution in [0, 0.1) is 0 Å². The van der Waals surface area contributed by atoms with Gasteiger partial charge in [-0.25, -0.2) is 0 Å². The van der Waals surface area contributed by atoms with Gasteiger partial charge in [0.1, 0.15) is 0 Å². The summed E-state index contributed by atoms with van der Waals surface area (Å²) in [5.41, 5.74) is 6.11. The molecule has 2 aromatic rings. The molecule has 0 aromatic heterocycles. The summed E-state index contributed by atoms with van der Waals surface area (Å²) < 4.78 is 0. The van der Waals surface area contributed by atoms with Gasteiger partial charge in [0, 0.05) is 12.0 Å². The van der Waals surface area contributed by atoms with Gasteiger partial charge in [0.2, 0.25) is 0 Å². The molecule has 0 radical (unpaired) electrons. The van der Waals surface area contributed by atoms with Crippen molar-refractivity contribution in [2.24, 2.45) is 0 Å². The number of hydrogen-bond acceptors (Lipinski definition) is 1. The molecule has 0 N–H and O–H groups in total. The van der Waals surface area contributed by atoms with Crippen molar-refractivity contribution in [3.63, 3.8) is 0 Å². The van der Waals surface area contributed by atoms with Gasteiger partial charge in [-0.2, -0.15) is 0 Å². The van der Waals surface area contributed by atoms with Crippen LogP contribution in [0.1, 0.15) is 55.4 Å². The molecule has 116 valence electrons. The van der Waals surface area contributed by atoms with E-state index in [-0.39, 0.29) is 0 Å². The van der Waals surface area contributed by atoms with Gasteiger partial charge in [-0.3, -0.25) is 0 Å². The standard InChI is InChI=1S/C21H27N/c1-4-22(5-2)16(3)14-21-19-12-8-6-10-17(19)15-18-11-7-9-13-20(18)21/h6-13,16,21H,4-5,14-15H2,1-3H3. The van der Waals surface area contributed by atoms with Crippen LogP contribution in [0.4, 0.5) is 0 Å². The Morgan fingerprint density at radius 3 is 1.91 bits per heavy atom. The van der Waals surface area contributed by atoms with Gasteiger partial charge >= 0.3 is 0 Å². The maximum Gasteiger partial charge on any atom is 0.0110 e. The fourth-order valence-electron chi connectivity index (χ4n) is 4.03. The van der Waals surface area contributed by atoms with E-state index in [1.807, 2.05) is 0 Å². The van der Waals surface area contributed by atoms with E-state index in [2.05, 4.69) is 74.2 Å². The molecule has 1 atom stereocenters. The SMILES string of the molecule is CCN(CC)C(C)CC1c2ccccc2Cc2ccccc21. The van der Waals surface area contributed by atoms with Gasteiger partial charge in [0.25, 0.3) is 0 Å². The molecule has 22 heavy (non-hydrogen) atoms. The highest BCUT2D eigenvalue weighted by Gasteiger charge is 2.27. The van der Waals surface area contributed by atoms with E-state index in [1.54, 1.807) is 11.1 Å². The van der Waals surface area contributed by atoms with Crippen LogP contribution in [0.15, 0.2) is 48.5 Å². The summed E-state index contributed by atoms with van der Waals surface area (Å²) in [7, 11) is 0. The molecular formula is C21H27N. The minimum atomic E-state index is 0.539. The van der Waals surface area contributed by atoms with Gasteiger partial charge in [-0.15, -0.1) is 0 Å². The van der Waals surface area contributed by atoms with Crippen LogP contribution in [-0.4, -0.2) is 24.0 Å². The average Bonchev–Trinajstić information content (AvgIpc) is 2.55. The highest BCUT2D eigenvalue weighted by Crippen LogP contribution is 2.39. The van der Waals surface area contributed by atoms with Gasteiger partial charge in [-0.05, 0) is 55.1 Å². The fourth-order valence-corrected chi connectivity index (χ4v) is 4.03. The van der Waals surface area contributed by atoms with Crippen molar-refractivity contribution in [1.29, 1.82) is 0 Å². The Morgan fingerprint density at radius 1 is 0.909 bits per heavy atom. The number of benzene rings is 2. The van der Waals surface area contributed by atoms with Gasteiger partial charge in [0.15, 0.2) is 0 Å². The molecule has 0 spiro atoms. The van der Waals surface area contributed by atoms with E-state index < -0.39 is 0 Å². The number of hydrogen-bond donors (Lipinski definition) is 0. The normalized spacial score (nSPS) is 15.5. The van der Waals surface area contributed by atoms with E-state index >= 15 is 0 Å². The van der Waals surface area contributed by atoms with E-state index in [0.29, 0.717) is 12.0 Å². The first-order valence-electron chi connectivity index (χ1n) is 8.64. The molecule has 1 aliphatic carbocycles. The number of nitrogens with zero attached hydrogens (tertiary/aromatic N) is 1. The third-order valence-electron chi connectivity index (χ3n) is 5.25. The Hall–Kier alpha value is -1.60. The second-order valence-electron chi connectivity index (χ2n) is 6.43. The molecular weight excluding hydrogens is 266 g/mol. The van der Waals surface area contributed by atoms with E-state index in [1.165, 1.54) is 17.5 Å². The van der Waals surface area contributed by atoms with E-state index in [0.717, 1.165) is 19.5 Å². The van der Waals surface area contributed by atoms with Crippen molar-refractivity contribution in [3.05, 3.63) is 70.8 Å². The van der Waals surface area contributed by atoms with Crippen LogP contribution in [0.25, 0.3) is 0 Å². The molecule has 0 amide bonds. The Kier molecular flexibility index (Phi) is 4.63. The quantitative estimate of drug-likeness (QED) is 0.762. The van der Waals surface area contributed by atoms with Gasteiger partial charge in [0.05, 0.1) is 0 Å². The molecule has 3 rings (SSSR count). The van der Waals surface area contributed by atoms with Crippen LogP contribution in [-0.2, 0) is 6.42 Å². The maximum atomic E-state index is 2.57. The third-order valence-corrected chi connectivity index (χ3v) is 5.25. The lowest BCUT2D eigenvalue weighted by molar-refractivity contribution is 0.215. The second kappa shape index (κ2) is 6.66. The molecule has 0 heterocycles. The van der Waals surface area contributed by atoms with Crippen LogP contribution >= 0.6 is 0 Å². The minimum absolute atomic E-state index is 0.539. The molecule has 0 fully saturated rings. The lowest BCUT2D eigenvalue weighted by atomic mass is 9.75. The Bertz CT molecular complexity index is 582. The van der Waals surface area contributed by atoms with Crippen molar-refractivity contribution in [2.75, 3.05) is 13.1 Å². The number of rotatable bonds is 5. The summed E-state index contributed by atoms with van der Waals surface area (Å²) in [6, 6.07) is 18.6. The molecule has 1 heteroatoms. The minimum Gasteiger partial charge on any atom is -0.301 e. The molecule has 0 aliphatic heterocycles. The van der Waals surface area contributed by atoms with Crippen LogP contribution < -0.4 is 0 Å². The van der Waals surface area contributed by atoms with Crippen molar-refractivity contribution < 1.29 is 0 Å². The van der Waals surface area contributed by atoms with E-state index in [9.17, 15) is 0 Å². The summed E-state index contributed by atoms with van der Waals surface area (Å²) in [6.07, 6.45) is 2.29. The zero-order valence-electron chi connectivity index (χ0n) is 14.0. The highest BCUT2D eigenvalue weighted by molar-refractivity contribution is 5.49. The molecule has 0 saturated carbocycles. The summed E-state index contributed by atoms with van der Waals surface area (Å²) in [6.45, 7) is 9.18. The lowest BCUT2D eigenvalue weighted by Crippen LogP contribution is -2.34. The van der Waals surface area contributed by atoms with Crippen molar-refractivity contribution in [1.82, 2.24) is 4.90 Å². The van der Waals surface area contributed by atoms with Crippen LogP contribution in [0.2, 0.25) is 0 Å². The average molecular weight is 293 g/mol. The predicted octanol–water partition coefficient (Wildman–Crippen LogP) is 4.84. The molecule has 1 aliphatic rings. The summed E-state index contributed by atoms with van der Waals surface area (Å²) in [5.74, 6) is 0.539. The summed E-state index contributed by atoms with van der Waals surface area (Å²) >= 11 is 0. The van der Waals surface area contributed by atoms with Crippen molar-refractivity contribution in [2.45, 2.75) is 45.6 Å². The third kappa shape index (κ3) is 2.83. The van der Waals surface area contributed by atoms with Crippen LogP contribution in [0.3, 0.4) is 0 Å². The van der Waals surface area contributed by atoms with Crippen molar-refractivity contribution in [3.8, 4) is 0 Å². The van der Waals surface area contributed by atoms with Gasteiger partial charge in [-0.1, -0.05) is 62.4 Å².